The quantitative estimate of drug-likeness (QED) is 0.267. The molecule has 0 aliphatic carbocycles. The van der Waals surface area contributed by atoms with Gasteiger partial charge in [-0.05, 0) is 56.4 Å². The van der Waals surface area contributed by atoms with Crippen molar-refractivity contribution in [1.82, 2.24) is 15.5 Å². The Labute approximate surface area is 216 Å². The van der Waals surface area contributed by atoms with Gasteiger partial charge in [-0.3, -0.25) is 9.89 Å². The number of nitrogens with zero attached hydrogens (tertiary/aromatic N) is 2. The topological polar surface area (TPSA) is 58.1 Å². The van der Waals surface area contributed by atoms with E-state index in [1.54, 1.807) is 14.2 Å². The van der Waals surface area contributed by atoms with Crippen LogP contribution >= 0.6 is 24.0 Å². The molecular weight excluding hydrogens is 527 g/mol. The average molecular weight is 567 g/mol. The van der Waals surface area contributed by atoms with Crippen molar-refractivity contribution in [3.8, 4) is 11.5 Å². The van der Waals surface area contributed by atoms with Crippen LogP contribution in [-0.2, 0) is 13.0 Å². The number of hydrogen-bond donors (Lipinski definition) is 2. The highest BCUT2D eigenvalue weighted by atomic mass is 127. The number of benzene rings is 2. The molecule has 2 unspecified atom stereocenters. The van der Waals surface area contributed by atoms with Crippen molar-refractivity contribution in [2.24, 2.45) is 4.99 Å². The third-order valence-electron chi connectivity index (χ3n) is 6.05. The molecule has 1 heterocycles. The van der Waals surface area contributed by atoms with Gasteiger partial charge in [-0.15, -0.1) is 24.0 Å². The third-order valence-corrected chi connectivity index (χ3v) is 6.05. The average Bonchev–Trinajstić information content (AvgIpc) is 2.81. The normalized spacial score (nSPS) is 18.8. The van der Waals surface area contributed by atoms with Crippen molar-refractivity contribution in [1.29, 1.82) is 0 Å². The van der Waals surface area contributed by atoms with Gasteiger partial charge in [-0.1, -0.05) is 36.4 Å². The van der Waals surface area contributed by atoms with Crippen LogP contribution in [0.2, 0.25) is 0 Å². The Bertz CT molecular complexity index is 863. The summed E-state index contributed by atoms with van der Waals surface area (Å²) in [5, 5.41) is 7.07. The van der Waals surface area contributed by atoms with Crippen LogP contribution in [0.15, 0.2) is 53.5 Å². The second-order valence-electron chi connectivity index (χ2n) is 8.37. The molecule has 0 amide bonds. The third kappa shape index (κ3) is 8.37. The van der Waals surface area contributed by atoms with Crippen molar-refractivity contribution < 1.29 is 9.47 Å². The largest absolute Gasteiger partial charge is 0.493 e. The first-order chi connectivity index (χ1) is 15.6. The smallest absolute Gasteiger partial charge is 0.191 e. The summed E-state index contributed by atoms with van der Waals surface area (Å²) in [4.78, 5) is 7.40. The number of rotatable bonds is 9. The van der Waals surface area contributed by atoms with E-state index in [-0.39, 0.29) is 24.0 Å². The molecule has 6 nitrogen and oxygen atoms in total. The molecular formula is C26H39IN4O2. The number of hydrogen-bond acceptors (Lipinski definition) is 4. The van der Waals surface area contributed by atoms with Gasteiger partial charge in [-0.25, -0.2) is 0 Å². The van der Waals surface area contributed by atoms with Crippen LogP contribution in [0, 0.1) is 0 Å². The Morgan fingerprint density at radius 1 is 1.06 bits per heavy atom. The van der Waals surface area contributed by atoms with Gasteiger partial charge in [0.1, 0.15) is 0 Å². The number of piperidine rings is 1. The van der Waals surface area contributed by atoms with Gasteiger partial charge in [0.25, 0.3) is 0 Å². The standard InChI is InChI=1S/C26H38N4O2.HI/c1-5-27-26(28-15-13-21-11-12-24(31-3)25(18-21)32-4)29-23-14-16-30(20(2)17-23)19-22-9-7-6-8-10-22;/h6-12,18,20,23H,5,13-17,19H2,1-4H3,(H2,27,28,29);1H. The van der Waals surface area contributed by atoms with Crippen LogP contribution in [-0.4, -0.2) is 56.8 Å². The minimum Gasteiger partial charge on any atom is -0.493 e. The molecule has 7 heteroatoms. The lowest BCUT2D eigenvalue weighted by Crippen LogP contribution is -2.51. The Morgan fingerprint density at radius 3 is 2.48 bits per heavy atom. The molecule has 3 rings (SSSR count). The van der Waals surface area contributed by atoms with Crippen molar-refractivity contribution in [3.05, 3.63) is 59.7 Å². The van der Waals surface area contributed by atoms with E-state index < -0.39 is 0 Å². The molecule has 1 aliphatic heterocycles. The van der Waals surface area contributed by atoms with E-state index in [4.69, 9.17) is 14.5 Å². The summed E-state index contributed by atoms with van der Waals surface area (Å²) in [7, 11) is 3.32. The van der Waals surface area contributed by atoms with Crippen LogP contribution in [0.1, 0.15) is 37.8 Å². The van der Waals surface area contributed by atoms with E-state index in [0.717, 1.165) is 56.4 Å². The van der Waals surface area contributed by atoms with E-state index in [1.165, 1.54) is 11.1 Å². The predicted molar refractivity (Wildman–Crippen MR) is 147 cm³/mol. The Hall–Kier alpha value is -2.00. The fraction of sp³-hybridized carbons (Fsp3) is 0.500. The second-order valence-corrected chi connectivity index (χ2v) is 8.37. The number of ether oxygens (including phenoxy) is 2. The lowest BCUT2D eigenvalue weighted by atomic mass is 9.97. The summed E-state index contributed by atoms with van der Waals surface area (Å²) in [5.41, 5.74) is 2.57. The molecule has 1 aliphatic rings. The van der Waals surface area contributed by atoms with E-state index in [1.807, 2.05) is 12.1 Å². The number of methoxy groups -OCH3 is 2. The molecule has 1 fully saturated rings. The summed E-state index contributed by atoms with van der Waals surface area (Å²) in [5.74, 6) is 2.42. The lowest BCUT2D eigenvalue weighted by Gasteiger charge is -2.38. The molecule has 0 radical (unpaired) electrons. The summed E-state index contributed by atoms with van der Waals surface area (Å²) >= 11 is 0. The highest BCUT2D eigenvalue weighted by molar-refractivity contribution is 14.0. The van der Waals surface area contributed by atoms with Crippen molar-refractivity contribution in [3.63, 3.8) is 0 Å². The molecule has 1 saturated heterocycles. The van der Waals surface area contributed by atoms with Gasteiger partial charge in [0.2, 0.25) is 0 Å². The fourth-order valence-corrected chi connectivity index (χ4v) is 4.25. The fourth-order valence-electron chi connectivity index (χ4n) is 4.25. The summed E-state index contributed by atoms with van der Waals surface area (Å²) in [6.07, 6.45) is 3.09. The first kappa shape index (κ1) is 27.2. The Balaban J connectivity index is 0.00000385. The molecule has 182 valence electrons. The Morgan fingerprint density at radius 2 is 1.82 bits per heavy atom. The minimum absolute atomic E-state index is 0. The van der Waals surface area contributed by atoms with Crippen LogP contribution < -0.4 is 20.1 Å². The highest BCUT2D eigenvalue weighted by Crippen LogP contribution is 2.27. The van der Waals surface area contributed by atoms with Crippen molar-refractivity contribution >= 4 is 29.9 Å². The molecule has 2 aromatic carbocycles. The second kappa shape index (κ2) is 14.3. The van der Waals surface area contributed by atoms with Gasteiger partial charge in [0, 0.05) is 38.3 Å². The van der Waals surface area contributed by atoms with Crippen LogP contribution in [0.4, 0.5) is 0 Å². The minimum atomic E-state index is 0. The van der Waals surface area contributed by atoms with E-state index in [2.05, 4.69) is 65.8 Å². The molecule has 0 saturated carbocycles. The predicted octanol–water partition coefficient (Wildman–Crippen LogP) is 4.47. The number of aliphatic imine (C=N–C) groups is 1. The zero-order chi connectivity index (χ0) is 22.8. The first-order valence-corrected chi connectivity index (χ1v) is 11.7. The zero-order valence-corrected chi connectivity index (χ0v) is 22.7. The molecule has 33 heavy (non-hydrogen) atoms. The van der Waals surface area contributed by atoms with Crippen LogP contribution in [0.5, 0.6) is 11.5 Å². The summed E-state index contributed by atoms with van der Waals surface area (Å²) in [6, 6.07) is 17.8. The molecule has 0 aromatic heterocycles. The van der Waals surface area contributed by atoms with Crippen LogP contribution in [0.25, 0.3) is 0 Å². The van der Waals surface area contributed by atoms with Crippen LogP contribution in [0.3, 0.4) is 0 Å². The van der Waals surface area contributed by atoms with E-state index in [0.29, 0.717) is 18.6 Å². The van der Waals surface area contributed by atoms with Gasteiger partial charge in [0.15, 0.2) is 17.5 Å². The van der Waals surface area contributed by atoms with Gasteiger partial charge in [-0.2, -0.15) is 0 Å². The number of guanidine groups is 1. The maximum atomic E-state index is 5.41. The Kier molecular flexibility index (Phi) is 11.8. The first-order valence-electron chi connectivity index (χ1n) is 11.7. The maximum absolute atomic E-state index is 5.41. The molecule has 0 spiro atoms. The summed E-state index contributed by atoms with van der Waals surface area (Å²) < 4.78 is 10.7. The SMILES string of the molecule is CCNC(=NCCc1ccc(OC)c(OC)c1)NC1CCN(Cc2ccccc2)C(C)C1.I. The van der Waals surface area contributed by atoms with Crippen molar-refractivity contribution in [2.45, 2.75) is 51.7 Å². The maximum Gasteiger partial charge on any atom is 0.191 e. The molecule has 2 atom stereocenters. The lowest BCUT2D eigenvalue weighted by molar-refractivity contribution is 0.134. The van der Waals surface area contributed by atoms with Crippen molar-refractivity contribution in [2.75, 3.05) is 33.9 Å². The highest BCUT2D eigenvalue weighted by Gasteiger charge is 2.25. The van der Waals surface area contributed by atoms with Gasteiger partial charge < -0.3 is 20.1 Å². The molecule has 0 bridgehead atoms. The molecule has 2 N–H and O–H groups in total. The van der Waals surface area contributed by atoms with Gasteiger partial charge in [0.05, 0.1) is 14.2 Å². The summed E-state index contributed by atoms with van der Waals surface area (Å²) in [6.45, 7) is 8.12. The zero-order valence-electron chi connectivity index (χ0n) is 20.3. The molecule has 2 aromatic rings. The number of nitrogens with one attached hydrogen (secondary N) is 2. The van der Waals surface area contributed by atoms with Gasteiger partial charge >= 0.3 is 0 Å². The number of likely N-dealkylation sites (tertiary alicyclic amines) is 1. The van der Waals surface area contributed by atoms with E-state index >= 15 is 0 Å². The van der Waals surface area contributed by atoms with E-state index in [9.17, 15) is 0 Å². The number of halogens is 1. The monoisotopic (exact) mass is 566 g/mol.